The predicted molar refractivity (Wildman–Crippen MR) is 55.1 cm³/mol. The summed E-state index contributed by atoms with van der Waals surface area (Å²) in [6, 6.07) is 0.427. The number of rotatable bonds is 5. The van der Waals surface area contributed by atoms with Gasteiger partial charge in [-0.3, -0.25) is 4.90 Å². The normalized spacial score (nSPS) is 14.8. The first-order valence-electron chi connectivity index (χ1n) is 4.46. The Morgan fingerprint density at radius 1 is 1.58 bits per heavy atom. The van der Waals surface area contributed by atoms with Crippen molar-refractivity contribution in [2.24, 2.45) is 11.1 Å². The van der Waals surface area contributed by atoms with Crippen LogP contribution in [0, 0.1) is 5.41 Å². The topological polar surface area (TPSA) is 29.3 Å². The highest BCUT2D eigenvalue weighted by Gasteiger charge is 2.19. The molecule has 72 valence electrons. The molecule has 0 aromatic heterocycles. The summed E-state index contributed by atoms with van der Waals surface area (Å²) in [5.41, 5.74) is 5.84. The Labute approximate surface area is 76.4 Å². The maximum Gasteiger partial charge on any atom is 0.0244 e. The lowest BCUT2D eigenvalue weighted by Crippen LogP contribution is -2.40. The van der Waals surface area contributed by atoms with E-state index < -0.39 is 0 Å². The van der Waals surface area contributed by atoms with Crippen LogP contribution in [0.2, 0.25) is 0 Å². The summed E-state index contributed by atoms with van der Waals surface area (Å²) in [6.45, 7) is 12.0. The summed E-state index contributed by atoms with van der Waals surface area (Å²) in [4.78, 5) is 2.26. The summed E-state index contributed by atoms with van der Waals surface area (Å²) in [5, 5.41) is 0. The Morgan fingerprint density at radius 2 is 2.08 bits per heavy atom. The van der Waals surface area contributed by atoms with Crippen LogP contribution in [0.3, 0.4) is 0 Å². The fraction of sp³-hybridized carbons (Fsp3) is 0.800. The minimum atomic E-state index is 0.200. The number of nitrogens with zero attached hydrogens (tertiary/aromatic N) is 1. The highest BCUT2D eigenvalue weighted by atomic mass is 15.1. The van der Waals surface area contributed by atoms with Crippen molar-refractivity contribution < 1.29 is 0 Å². The molecule has 2 N–H and O–H groups in total. The van der Waals surface area contributed by atoms with Crippen LogP contribution in [0.4, 0.5) is 0 Å². The van der Waals surface area contributed by atoms with E-state index in [9.17, 15) is 0 Å². The van der Waals surface area contributed by atoms with Crippen molar-refractivity contribution in [1.29, 1.82) is 0 Å². The molecular weight excluding hydrogens is 148 g/mol. The van der Waals surface area contributed by atoms with Crippen molar-refractivity contribution in [3.63, 3.8) is 0 Å². The fourth-order valence-electron chi connectivity index (χ4n) is 1.06. The van der Waals surface area contributed by atoms with E-state index in [4.69, 9.17) is 5.73 Å². The van der Waals surface area contributed by atoms with Crippen molar-refractivity contribution in [3.05, 3.63) is 12.7 Å². The molecule has 12 heavy (non-hydrogen) atoms. The zero-order chi connectivity index (χ0) is 9.78. The molecule has 0 saturated heterocycles. The van der Waals surface area contributed by atoms with Crippen LogP contribution in [0.1, 0.15) is 20.8 Å². The van der Waals surface area contributed by atoms with E-state index in [-0.39, 0.29) is 5.41 Å². The van der Waals surface area contributed by atoms with Gasteiger partial charge >= 0.3 is 0 Å². The molecule has 0 heterocycles. The zero-order valence-electron chi connectivity index (χ0n) is 8.80. The zero-order valence-corrected chi connectivity index (χ0v) is 8.80. The lowest BCUT2D eigenvalue weighted by molar-refractivity contribution is 0.195. The second-order valence-electron chi connectivity index (χ2n) is 4.26. The summed E-state index contributed by atoms with van der Waals surface area (Å²) >= 11 is 0. The largest absolute Gasteiger partial charge is 0.330 e. The van der Waals surface area contributed by atoms with Crippen LogP contribution in [0.25, 0.3) is 0 Å². The van der Waals surface area contributed by atoms with Gasteiger partial charge in [0.25, 0.3) is 0 Å². The van der Waals surface area contributed by atoms with Crippen LogP contribution >= 0.6 is 0 Å². The van der Waals surface area contributed by atoms with Crippen LogP contribution in [0.5, 0.6) is 0 Å². The first-order valence-corrected chi connectivity index (χ1v) is 4.46. The molecule has 0 amide bonds. The van der Waals surface area contributed by atoms with Crippen LogP contribution in [-0.2, 0) is 0 Å². The standard InChI is InChI=1S/C10H22N2/c1-6-9(2)12(5)8-10(3,4)7-11/h6,9H,1,7-8,11H2,2-5H3. The third kappa shape index (κ3) is 3.88. The monoisotopic (exact) mass is 170 g/mol. The van der Waals surface area contributed by atoms with Gasteiger partial charge in [-0.1, -0.05) is 19.9 Å². The summed E-state index contributed by atoms with van der Waals surface area (Å²) in [5.74, 6) is 0. The quantitative estimate of drug-likeness (QED) is 0.633. The molecule has 0 radical (unpaired) electrons. The molecule has 0 aliphatic heterocycles. The molecule has 0 aliphatic carbocycles. The van der Waals surface area contributed by atoms with Gasteiger partial charge in [-0.25, -0.2) is 0 Å². The molecular formula is C10H22N2. The van der Waals surface area contributed by atoms with Gasteiger partial charge in [0, 0.05) is 12.6 Å². The molecule has 2 nitrogen and oxygen atoms in total. The molecule has 0 fully saturated rings. The van der Waals surface area contributed by atoms with Crippen molar-refractivity contribution in [2.45, 2.75) is 26.8 Å². The molecule has 0 aromatic carbocycles. The molecule has 2 heteroatoms. The van der Waals surface area contributed by atoms with Crippen LogP contribution < -0.4 is 5.73 Å². The molecule has 0 bridgehead atoms. The molecule has 0 aliphatic rings. The molecule has 0 aromatic rings. The minimum absolute atomic E-state index is 0.200. The number of hydrogen-bond donors (Lipinski definition) is 1. The van der Waals surface area contributed by atoms with E-state index in [2.05, 4.69) is 39.3 Å². The smallest absolute Gasteiger partial charge is 0.0244 e. The van der Waals surface area contributed by atoms with Crippen molar-refractivity contribution in [1.82, 2.24) is 4.90 Å². The average molecular weight is 170 g/mol. The highest BCUT2D eigenvalue weighted by Crippen LogP contribution is 2.15. The van der Waals surface area contributed by atoms with Gasteiger partial charge in [-0.05, 0) is 25.9 Å². The van der Waals surface area contributed by atoms with E-state index in [1.807, 2.05) is 6.08 Å². The van der Waals surface area contributed by atoms with E-state index in [1.165, 1.54) is 0 Å². The Morgan fingerprint density at radius 3 is 2.42 bits per heavy atom. The third-order valence-corrected chi connectivity index (χ3v) is 2.27. The van der Waals surface area contributed by atoms with Gasteiger partial charge in [-0.15, -0.1) is 6.58 Å². The molecule has 1 atom stereocenters. The molecule has 0 saturated carbocycles. The van der Waals surface area contributed by atoms with Gasteiger partial charge in [-0.2, -0.15) is 0 Å². The van der Waals surface area contributed by atoms with Gasteiger partial charge < -0.3 is 5.73 Å². The van der Waals surface area contributed by atoms with Gasteiger partial charge in [0.15, 0.2) is 0 Å². The maximum absolute atomic E-state index is 5.64. The lowest BCUT2D eigenvalue weighted by Gasteiger charge is -2.31. The Bertz CT molecular complexity index is 141. The summed E-state index contributed by atoms with van der Waals surface area (Å²) < 4.78 is 0. The summed E-state index contributed by atoms with van der Waals surface area (Å²) in [7, 11) is 2.10. The Balaban J connectivity index is 3.98. The highest BCUT2D eigenvalue weighted by molar-refractivity contribution is 4.85. The van der Waals surface area contributed by atoms with Gasteiger partial charge in [0.1, 0.15) is 0 Å². The van der Waals surface area contributed by atoms with Crippen molar-refractivity contribution in [3.8, 4) is 0 Å². The Hall–Kier alpha value is -0.340. The van der Waals surface area contributed by atoms with Crippen LogP contribution in [-0.4, -0.2) is 31.1 Å². The molecule has 0 rings (SSSR count). The Kier molecular flexibility index (Phi) is 4.50. The van der Waals surface area contributed by atoms with Gasteiger partial charge in [0.05, 0.1) is 0 Å². The second kappa shape index (κ2) is 4.63. The maximum atomic E-state index is 5.64. The van der Waals surface area contributed by atoms with E-state index >= 15 is 0 Å². The van der Waals surface area contributed by atoms with Crippen molar-refractivity contribution >= 4 is 0 Å². The van der Waals surface area contributed by atoms with E-state index in [1.54, 1.807) is 0 Å². The van der Waals surface area contributed by atoms with Gasteiger partial charge in [0.2, 0.25) is 0 Å². The first kappa shape index (κ1) is 11.7. The molecule has 0 spiro atoms. The lowest BCUT2D eigenvalue weighted by atomic mass is 9.93. The average Bonchev–Trinajstić information content (AvgIpc) is 2.02. The second-order valence-corrected chi connectivity index (χ2v) is 4.26. The number of likely N-dealkylation sites (N-methyl/N-ethyl adjacent to an activating group) is 1. The molecule has 1 unspecified atom stereocenters. The number of nitrogens with two attached hydrogens (primary N) is 1. The SMILES string of the molecule is C=CC(C)N(C)CC(C)(C)CN. The first-order chi connectivity index (χ1) is 5.43. The number of hydrogen-bond acceptors (Lipinski definition) is 2. The predicted octanol–water partition coefficient (Wildman–Crippen LogP) is 1.48. The van der Waals surface area contributed by atoms with E-state index in [0.29, 0.717) is 6.04 Å². The van der Waals surface area contributed by atoms with Crippen LogP contribution in [0.15, 0.2) is 12.7 Å². The fourth-order valence-corrected chi connectivity index (χ4v) is 1.06. The van der Waals surface area contributed by atoms with E-state index in [0.717, 1.165) is 13.1 Å². The minimum Gasteiger partial charge on any atom is -0.330 e. The summed E-state index contributed by atoms with van der Waals surface area (Å²) in [6.07, 6.45) is 1.95. The third-order valence-electron chi connectivity index (χ3n) is 2.27. The van der Waals surface area contributed by atoms with Crippen molar-refractivity contribution in [2.75, 3.05) is 20.1 Å².